The number of benzene rings is 1. The van der Waals surface area contributed by atoms with Crippen molar-refractivity contribution in [3.05, 3.63) is 36.2 Å². The van der Waals surface area contributed by atoms with E-state index in [0.717, 1.165) is 11.3 Å². The van der Waals surface area contributed by atoms with Crippen LogP contribution in [0.3, 0.4) is 0 Å². The minimum absolute atomic E-state index is 0.150. The zero-order valence-corrected chi connectivity index (χ0v) is 10.3. The van der Waals surface area contributed by atoms with Gasteiger partial charge in [0.25, 0.3) is 0 Å². The molecule has 0 amide bonds. The lowest BCUT2D eigenvalue weighted by molar-refractivity contribution is -0.136. The quantitative estimate of drug-likeness (QED) is 0.894. The van der Waals surface area contributed by atoms with Gasteiger partial charge in [0, 0.05) is 25.3 Å². The Kier molecular flexibility index (Phi) is 3.32. The number of anilines is 1. The van der Waals surface area contributed by atoms with Crippen molar-refractivity contribution in [2.24, 2.45) is 0 Å². The zero-order chi connectivity index (χ0) is 13.1. The number of aromatic nitrogens is 1. The molecule has 5 heteroatoms. The Labute approximate surface area is 105 Å². The summed E-state index contributed by atoms with van der Waals surface area (Å²) in [6.07, 6.45) is 1.30. The smallest absolute Gasteiger partial charge is 0.311 e. The molecule has 0 saturated carbocycles. The Morgan fingerprint density at radius 3 is 2.56 bits per heavy atom. The molecule has 0 radical (unpaired) electrons. The molecule has 0 fully saturated rings. The molecule has 0 bridgehead atoms. The van der Waals surface area contributed by atoms with Crippen LogP contribution in [0.4, 0.5) is 5.69 Å². The maximum atomic E-state index is 10.5. The molecular formula is C13H14N2O3. The highest BCUT2D eigenvalue weighted by Crippen LogP contribution is 2.22. The number of aliphatic carboxylic acids is 1. The van der Waals surface area contributed by atoms with Crippen LogP contribution in [-0.2, 0) is 11.2 Å². The first-order valence-electron chi connectivity index (χ1n) is 5.50. The SMILES string of the molecule is CN(C)c1ccc(-c2ncc(CC(=O)O)o2)cc1. The van der Waals surface area contributed by atoms with Crippen molar-refractivity contribution in [3.63, 3.8) is 0 Å². The number of carboxylic acid groups (broad SMARTS) is 1. The van der Waals surface area contributed by atoms with Crippen LogP contribution in [0.25, 0.3) is 11.5 Å². The van der Waals surface area contributed by atoms with Gasteiger partial charge in [0.05, 0.1) is 6.20 Å². The Balaban J connectivity index is 2.20. The number of carboxylic acids is 1. The molecule has 1 N–H and O–H groups in total. The number of hydrogen-bond acceptors (Lipinski definition) is 4. The number of hydrogen-bond donors (Lipinski definition) is 1. The van der Waals surface area contributed by atoms with E-state index in [-0.39, 0.29) is 6.42 Å². The van der Waals surface area contributed by atoms with Gasteiger partial charge in [-0.25, -0.2) is 4.98 Å². The normalized spacial score (nSPS) is 10.3. The van der Waals surface area contributed by atoms with E-state index < -0.39 is 5.97 Å². The van der Waals surface area contributed by atoms with Crippen molar-refractivity contribution >= 4 is 11.7 Å². The fourth-order valence-corrected chi connectivity index (χ4v) is 1.57. The number of oxazole rings is 1. The number of nitrogens with zero attached hydrogens (tertiary/aromatic N) is 2. The van der Waals surface area contributed by atoms with Crippen molar-refractivity contribution in [2.75, 3.05) is 19.0 Å². The third-order valence-electron chi connectivity index (χ3n) is 2.51. The summed E-state index contributed by atoms with van der Waals surface area (Å²) in [5, 5.41) is 8.65. The summed E-state index contributed by atoms with van der Waals surface area (Å²) in [7, 11) is 3.93. The highest BCUT2D eigenvalue weighted by molar-refractivity contribution is 5.69. The first-order chi connectivity index (χ1) is 8.56. The fourth-order valence-electron chi connectivity index (χ4n) is 1.57. The molecule has 0 spiro atoms. The minimum atomic E-state index is -0.930. The van der Waals surface area contributed by atoms with E-state index in [4.69, 9.17) is 9.52 Å². The van der Waals surface area contributed by atoms with Crippen LogP contribution >= 0.6 is 0 Å². The van der Waals surface area contributed by atoms with Crippen LogP contribution in [0.5, 0.6) is 0 Å². The summed E-state index contributed by atoms with van der Waals surface area (Å²) < 4.78 is 5.38. The molecule has 0 saturated heterocycles. The molecule has 0 unspecified atom stereocenters. The lowest BCUT2D eigenvalue weighted by Gasteiger charge is -2.11. The van der Waals surface area contributed by atoms with E-state index in [9.17, 15) is 4.79 Å². The average molecular weight is 246 g/mol. The van der Waals surface area contributed by atoms with Gasteiger partial charge in [-0.2, -0.15) is 0 Å². The zero-order valence-electron chi connectivity index (χ0n) is 10.3. The summed E-state index contributed by atoms with van der Waals surface area (Å²) in [6.45, 7) is 0. The highest BCUT2D eigenvalue weighted by atomic mass is 16.4. The predicted octanol–water partition coefficient (Wildman–Crippen LogP) is 2.03. The molecule has 1 heterocycles. The van der Waals surface area contributed by atoms with E-state index in [0.29, 0.717) is 11.7 Å². The predicted molar refractivity (Wildman–Crippen MR) is 67.6 cm³/mol. The van der Waals surface area contributed by atoms with E-state index >= 15 is 0 Å². The molecule has 94 valence electrons. The molecule has 0 atom stereocenters. The van der Waals surface area contributed by atoms with Crippen molar-refractivity contribution in [3.8, 4) is 11.5 Å². The van der Waals surface area contributed by atoms with Gasteiger partial charge in [0.1, 0.15) is 12.2 Å². The molecule has 0 aliphatic carbocycles. The van der Waals surface area contributed by atoms with Crippen LogP contribution in [0, 0.1) is 0 Å². The monoisotopic (exact) mass is 246 g/mol. The Bertz CT molecular complexity index is 544. The molecular weight excluding hydrogens is 232 g/mol. The summed E-state index contributed by atoms with van der Waals surface area (Å²) in [5.41, 5.74) is 1.91. The van der Waals surface area contributed by atoms with Gasteiger partial charge in [-0.1, -0.05) is 0 Å². The Hall–Kier alpha value is -2.30. The first-order valence-corrected chi connectivity index (χ1v) is 5.50. The topological polar surface area (TPSA) is 66.6 Å². The summed E-state index contributed by atoms with van der Waals surface area (Å²) in [4.78, 5) is 16.6. The van der Waals surface area contributed by atoms with Crippen LogP contribution in [-0.4, -0.2) is 30.2 Å². The molecule has 0 aliphatic rings. The van der Waals surface area contributed by atoms with Gasteiger partial charge < -0.3 is 14.4 Å². The fraction of sp³-hybridized carbons (Fsp3) is 0.231. The average Bonchev–Trinajstić information content (AvgIpc) is 2.76. The molecule has 5 nitrogen and oxygen atoms in total. The van der Waals surface area contributed by atoms with Gasteiger partial charge in [0.15, 0.2) is 0 Å². The second-order valence-corrected chi connectivity index (χ2v) is 4.14. The van der Waals surface area contributed by atoms with Crippen molar-refractivity contribution in [1.29, 1.82) is 0 Å². The number of rotatable bonds is 4. The standard InChI is InChI=1S/C13H14N2O3/c1-15(2)10-5-3-9(4-6-10)13-14-8-11(18-13)7-12(16)17/h3-6,8H,7H2,1-2H3,(H,16,17). The lowest BCUT2D eigenvalue weighted by Crippen LogP contribution is -2.07. The third kappa shape index (κ3) is 2.68. The highest BCUT2D eigenvalue weighted by Gasteiger charge is 2.09. The third-order valence-corrected chi connectivity index (χ3v) is 2.51. The molecule has 18 heavy (non-hydrogen) atoms. The van der Waals surface area contributed by atoms with E-state index in [1.165, 1.54) is 6.20 Å². The summed E-state index contributed by atoms with van der Waals surface area (Å²) in [5.74, 6) is -0.133. The lowest BCUT2D eigenvalue weighted by atomic mass is 10.2. The van der Waals surface area contributed by atoms with Gasteiger partial charge in [0.2, 0.25) is 5.89 Å². The van der Waals surface area contributed by atoms with Gasteiger partial charge in [-0.15, -0.1) is 0 Å². The maximum Gasteiger partial charge on any atom is 0.311 e. The van der Waals surface area contributed by atoms with Crippen LogP contribution in [0.15, 0.2) is 34.9 Å². The van der Waals surface area contributed by atoms with E-state index in [1.54, 1.807) is 0 Å². The minimum Gasteiger partial charge on any atom is -0.481 e. The molecule has 1 aromatic carbocycles. The molecule has 1 aromatic heterocycles. The second kappa shape index (κ2) is 4.91. The van der Waals surface area contributed by atoms with Crippen molar-refractivity contribution in [1.82, 2.24) is 4.98 Å². The second-order valence-electron chi connectivity index (χ2n) is 4.14. The van der Waals surface area contributed by atoms with Crippen molar-refractivity contribution in [2.45, 2.75) is 6.42 Å². The Morgan fingerprint density at radius 2 is 2.00 bits per heavy atom. The van der Waals surface area contributed by atoms with Gasteiger partial charge >= 0.3 is 5.97 Å². The van der Waals surface area contributed by atoms with Crippen LogP contribution in [0.2, 0.25) is 0 Å². The van der Waals surface area contributed by atoms with Gasteiger partial charge in [-0.05, 0) is 24.3 Å². The van der Waals surface area contributed by atoms with Crippen molar-refractivity contribution < 1.29 is 14.3 Å². The molecule has 0 aliphatic heterocycles. The largest absolute Gasteiger partial charge is 0.481 e. The number of carbonyl (C=O) groups is 1. The van der Waals surface area contributed by atoms with Gasteiger partial charge in [-0.3, -0.25) is 4.79 Å². The van der Waals surface area contributed by atoms with E-state index in [2.05, 4.69) is 4.98 Å². The maximum absolute atomic E-state index is 10.5. The summed E-state index contributed by atoms with van der Waals surface area (Å²) >= 11 is 0. The Morgan fingerprint density at radius 1 is 1.33 bits per heavy atom. The first kappa shape index (κ1) is 12.2. The molecule has 2 rings (SSSR count). The van der Waals surface area contributed by atoms with Crippen LogP contribution in [0.1, 0.15) is 5.76 Å². The van der Waals surface area contributed by atoms with Crippen LogP contribution < -0.4 is 4.90 Å². The van der Waals surface area contributed by atoms with E-state index in [1.807, 2.05) is 43.3 Å². The molecule has 2 aromatic rings. The summed E-state index contributed by atoms with van der Waals surface area (Å²) in [6, 6.07) is 7.70.